The standard InChI is InChI=1S/C18H22N6OS/c25-18(24-8-12-2-1-4-19-14(12)9-24)15-10-23(6-7-26-15)17-13-3-5-20-16(13)21-11-22-17/h3,5,10-12,14,19H,1-2,4,6-9H2,(H,20,21,22). The number of hydrogen-bond acceptors (Lipinski definition) is 6. The van der Waals surface area contributed by atoms with Crippen LogP contribution in [0.4, 0.5) is 5.82 Å². The number of nitrogens with one attached hydrogen (secondary N) is 2. The monoisotopic (exact) mass is 370 g/mol. The van der Waals surface area contributed by atoms with Crippen molar-refractivity contribution < 1.29 is 4.79 Å². The SMILES string of the molecule is O=C(C1=CN(c2ncnc3[nH]ccc23)CCS1)N1CC2CCCNC2C1. The number of piperidine rings is 1. The molecule has 0 aliphatic carbocycles. The van der Waals surface area contributed by atoms with Crippen molar-refractivity contribution in [2.45, 2.75) is 18.9 Å². The highest BCUT2D eigenvalue weighted by Crippen LogP contribution is 2.32. The van der Waals surface area contributed by atoms with E-state index in [0.717, 1.165) is 53.7 Å². The van der Waals surface area contributed by atoms with E-state index in [4.69, 9.17) is 0 Å². The van der Waals surface area contributed by atoms with E-state index in [1.54, 1.807) is 18.1 Å². The molecule has 2 fully saturated rings. The molecule has 0 spiro atoms. The van der Waals surface area contributed by atoms with Gasteiger partial charge in [-0.15, -0.1) is 11.8 Å². The Morgan fingerprint density at radius 1 is 1.31 bits per heavy atom. The number of carbonyl (C=O) groups excluding carboxylic acids is 1. The van der Waals surface area contributed by atoms with Crippen LogP contribution in [0, 0.1) is 5.92 Å². The van der Waals surface area contributed by atoms with E-state index < -0.39 is 0 Å². The predicted molar refractivity (Wildman–Crippen MR) is 103 cm³/mol. The molecule has 5 rings (SSSR count). The van der Waals surface area contributed by atoms with Gasteiger partial charge < -0.3 is 20.1 Å². The maximum atomic E-state index is 13.1. The highest BCUT2D eigenvalue weighted by Gasteiger charge is 2.37. The van der Waals surface area contributed by atoms with E-state index in [9.17, 15) is 4.79 Å². The molecule has 136 valence electrons. The number of hydrogen-bond donors (Lipinski definition) is 2. The van der Waals surface area contributed by atoms with Gasteiger partial charge in [0.2, 0.25) is 0 Å². The fourth-order valence-electron chi connectivity index (χ4n) is 4.24. The third kappa shape index (κ3) is 2.77. The van der Waals surface area contributed by atoms with Crippen LogP contribution < -0.4 is 10.2 Å². The third-order valence-electron chi connectivity index (χ3n) is 5.57. The summed E-state index contributed by atoms with van der Waals surface area (Å²) in [6.45, 7) is 3.63. The first kappa shape index (κ1) is 16.1. The van der Waals surface area contributed by atoms with Crippen LogP contribution >= 0.6 is 11.8 Å². The number of likely N-dealkylation sites (tertiary alicyclic amines) is 1. The number of carbonyl (C=O) groups is 1. The van der Waals surface area contributed by atoms with Crippen LogP contribution in [0.15, 0.2) is 29.7 Å². The summed E-state index contributed by atoms with van der Waals surface area (Å²) in [5.41, 5.74) is 0.823. The minimum absolute atomic E-state index is 0.162. The molecule has 2 unspecified atom stereocenters. The van der Waals surface area contributed by atoms with E-state index in [0.29, 0.717) is 12.0 Å². The van der Waals surface area contributed by atoms with Gasteiger partial charge in [0, 0.05) is 43.8 Å². The zero-order valence-electron chi connectivity index (χ0n) is 14.5. The maximum Gasteiger partial charge on any atom is 0.261 e. The molecule has 0 radical (unpaired) electrons. The number of thioether (sulfide) groups is 1. The topological polar surface area (TPSA) is 77.2 Å². The van der Waals surface area contributed by atoms with Crippen molar-refractivity contribution in [3.63, 3.8) is 0 Å². The summed E-state index contributed by atoms with van der Waals surface area (Å²) in [5.74, 6) is 2.51. The summed E-state index contributed by atoms with van der Waals surface area (Å²) in [4.78, 5) is 29.8. The van der Waals surface area contributed by atoms with Crippen molar-refractivity contribution in [3.05, 3.63) is 29.7 Å². The van der Waals surface area contributed by atoms with Gasteiger partial charge in [0.1, 0.15) is 17.8 Å². The van der Waals surface area contributed by atoms with Crippen molar-refractivity contribution in [2.75, 3.05) is 36.8 Å². The molecule has 2 N–H and O–H groups in total. The Bertz CT molecular complexity index is 850. The highest BCUT2D eigenvalue weighted by molar-refractivity contribution is 8.04. The first-order valence-corrected chi connectivity index (χ1v) is 10.2. The molecule has 5 heterocycles. The van der Waals surface area contributed by atoms with Crippen molar-refractivity contribution in [1.29, 1.82) is 0 Å². The number of aromatic nitrogens is 3. The zero-order valence-corrected chi connectivity index (χ0v) is 15.3. The highest BCUT2D eigenvalue weighted by atomic mass is 32.2. The van der Waals surface area contributed by atoms with Gasteiger partial charge in [-0.05, 0) is 31.4 Å². The Labute approximate surface area is 156 Å². The van der Waals surface area contributed by atoms with E-state index in [2.05, 4.69) is 25.2 Å². The second kappa shape index (κ2) is 6.59. The lowest BCUT2D eigenvalue weighted by Crippen LogP contribution is -2.41. The summed E-state index contributed by atoms with van der Waals surface area (Å²) in [7, 11) is 0. The first-order valence-electron chi connectivity index (χ1n) is 9.21. The van der Waals surface area contributed by atoms with E-state index in [-0.39, 0.29) is 5.91 Å². The number of fused-ring (bicyclic) bond motifs is 2. The number of anilines is 1. The summed E-state index contributed by atoms with van der Waals surface area (Å²) in [6, 6.07) is 2.46. The zero-order chi connectivity index (χ0) is 17.5. The molecule has 2 aromatic rings. The van der Waals surface area contributed by atoms with Crippen molar-refractivity contribution >= 4 is 34.5 Å². The molecule has 26 heavy (non-hydrogen) atoms. The minimum Gasteiger partial charge on any atom is -0.346 e. The molecule has 0 bridgehead atoms. The quantitative estimate of drug-likeness (QED) is 0.836. The fraction of sp³-hybridized carbons (Fsp3) is 0.500. The normalized spacial score (nSPS) is 26.1. The van der Waals surface area contributed by atoms with Crippen LogP contribution in [0.3, 0.4) is 0 Å². The van der Waals surface area contributed by atoms with Crippen LogP contribution in [-0.2, 0) is 4.79 Å². The van der Waals surface area contributed by atoms with E-state index >= 15 is 0 Å². The Morgan fingerprint density at radius 3 is 3.19 bits per heavy atom. The number of aromatic amines is 1. The molecule has 0 saturated carbocycles. The Hall–Kier alpha value is -2.06. The van der Waals surface area contributed by atoms with Gasteiger partial charge in [-0.2, -0.15) is 0 Å². The summed E-state index contributed by atoms with van der Waals surface area (Å²) >= 11 is 1.65. The van der Waals surface area contributed by atoms with Gasteiger partial charge in [0.15, 0.2) is 0 Å². The Balaban J connectivity index is 1.39. The number of nitrogens with zero attached hydrogens (tertiary/aromatic N) is 4. The van der Waals surface area contributed by atoms with Crippen LogP contribution in [0.2, 0.25) is 0 Å². The molecule has 3 aliphatic rings. The second-order valence-electron chi connectivity index (χ2n) is 7.15. The van der Waals surface area contributed by atoms with Gasteiger partial charge in [0.25, 0.3) is 5.91 Å². The predicted octanol–water partition coefficient (Wildman–Crippen LogP) is 1.56. The minimum atomic E-state index is 0.162. The summed E-state index contributed by atoms with van der Waals surface area (Å²) in [6.07, 6.45) is 7.86. The molecule has 7 nitrogen and oxygen atoms in total. The van der Waals surface area contributed by atoms with E-state index in [1.165, 1.54) is 12.8 Å². The Morgan fingerprint density at radius 2 is 2.27 bits per heavy atom. The molecule has 3 aliphatic heterocycles. The van der Waals surface area contributed by atoms with Crippen LogP contribution in [0.5, 0.6) is 0 Å². The molecular weight excluding hydrogens is 348 g/mol. The molecule has 2 atom stereocenters. The lowest BCUT2D eigenvalue weighted by Gasteiger charge is -2.27. The lowest BCUT2D eigenvalue weighted by molar-refractivity contribution is -0.125. The third-order valence-corrected chi connectivity index (χ3v) is 6.54. The first-order chi connectivity index (χ1) is 12.8. The number of H-pyrrole nitrogens is 1. The summed E-state index contributed by atoms with van der Waals surface area (Å²) < 4.78 is 0. The lowest BCUT2D eigenvalue weighted by atomic mass is 9.94. The smallest absolute Gasteiger partial charge is 0.261 e. The van der Waals surface area contributed by atoms with E-state index in [1.807, 2.05) is 23.4 Å². The van der Waals surface area contributed by atoms with Gasteiger partial charge in [-0.1, -0.05) is 0 Å². The molecule has 2 aromatic heterocycles. The van der Waals surface area contributed by atoms with Crippen molar-refractivity contribution in [3.8, 4) is 0 Å². The molecule has 8 heteroatoms. The maximum absolute atomic E-state index is 13.1. The number of amides is 1. The molecule has 0 aromatic carbocycles. The van der Waals surface area contributed by atoms with Crippen LogP contribution in [0.1, 0.15) is 12.8 Å². The molecule has 2 saturated heterocycles. The second-order valence-corrected chi connectivity index (χ2v) is 8.28. The van der Waals surface area contributed by atoms with Gasteiger partial charge >= 0.3 is 0 Å². The van der Waals surface area contributed by atoms with Crippen LogP contribution in [-0.4, -0.2) is 63.7 Å². The largest absolute Gasteiger partial charge is 0.346 e. The number of rotatable bonds is 2. The van der Waals surface area contributed by atoms with Gasteiger partial charge in [0.05, 0.1) is 10.3 Å². The molecule has 1 amide bonds. The van der Waals surface area contributed by atoms with Crippen molar-refractivity contribution in [1.82, 2.24) is 25.2 Å². The van der Waals surface area contributed by atoms with Gasteiger partial charge in [-0.3, -0.25) is 4.79 Å². The van der Waals surface area contributed by atoms with Crippen molar-refractivity contribution in [2.24, 2.45) is 5.92 Å². The molecular formula is C18H22N6OS. The average molecular weight is 370 g/mol. The van der Waals surface area contributed by atoms with Crippen LogP contribution in [0.25, 0.3) is 11.0 Å². The Kier molecular flexibility index (Phi) is 4.09. The summed E-state index contributed by atoms with van der Waals surface area (Å²) in [5, 5.41) is 4.55. The fourth-order valence-corrected chi connectivity index (χ4v) is 5.20. The van der Waals surface area contributed by atoms with Gasteiger partial charge in [-0.25, -0.2) is 9.97 Å². The average Bonchev–Trinajstić information content (AvgIpc) is 3.33.